The maximum absolute atomic E-state index is 11.1. The summed E-state index contributed by atoms with van der Waals surface area (Å²) in [6, 6.07) is -0.298. The number of aliphatic hydroxyl groups is 1. The van der Waals surface area contributed by atoms with Crippen LogP contribution in [0.3, 0.4) is 0 Å². The molecule has 0 spiro atoms. The van der Waals surface area contributed by atoms with Crippen molar-refractivity contribution in [1.29, 1.82) is 0 Å². The number of hydrogen-bond donors (Lipinski definition) is 3. The second-order valence-electron chi connectivity index (χ2n) is 5.67. The highest BCUT2D eigenvalue weighted by molar-refractivity contribution is 7.85. The number of hydrogen-bond acceptors (Lipinski definition) is 4. The van der Waals surface area contributed by atoms with Crippen molar-refractivity contribution >= 4 is 16.0 Å². The maximum atomic E-state index is 11.1. The van der Waals surface area contributed by atoms with Gasteiger partial charge in [-0.25, -0.2) is 0 Å². The van der Waals surface area contributed by atoms with E-state index in [1.807, 2.05) is 13.8 Å². The zero-order valence-corrected chi connectivity index (χ0v) is 12.7. The molecule has 0 saturated heterocycles. The van der Waals surface area contributed by atoms with Crippen LogP contribution in [-0.2, 0) is 14.9 Å². The van der Waals surface area contributed by atoms with Crippen LogP contribution >= 0.6 is 0 Å². The normalized spacial score (nSPS) is 14.2. The van der Waals surface area contributed by atoms with Crippen molar-refractivity contribution in [2.24, 2.45) is 5.41 Å². The van der Waals surface area contributed by atoms with E-state index >= 15 is 0 Å². The first-order chi connectivity index (χ1) is 8.56. The Kier molecular flexibility index (Phi) is 7.54. The first-order valence-corrected chi connectivity index (χ1v) is 8.00. The second kappa shape index (κ2) is 7.81. The minimum atomic E-state index is -4.02. The van der Waals surface area contributed by atoms with Gasteiger partial charge >= 0.3 is 0 Å². The van der Waals surface area contributed by atoms with Crippen LogP contribution in [0.1, 0.15) is 46.5 Å². The van der Waals surface area contributed by atoms with E-state index in [1.165, 1.54) is 6.92 Å². The SMILES string of the molecule is CC(=O)NC(CCS(=O)(=O)O)CC(C)(C)CCCO. The Labute approximate surface area is 115 Å². The van der Waals surface area contributed by atoms with Crippen LogP contribution in [0, 0.1) is 5.41 Å². The van der Waals surface area contributed by atoms with Crippen molar-refractivity contribution in [1.82, 2.24) is 5.32 Å². The molecule has 7 heteroatoms. The van der Waals surface area contributed by atoms with Crippen LogP contribution in [0.15, 0.2) is 0 Å². The smallest absolute Gasteiger partial charge is 0.264 e. The highest BCUT2D eigenvalue weighted by Crippen LogP contribution is 2.29. The van der Waals surface area contributed by atoms with Gasteiger partial charge in [0, 0.05) is 19.6 Å². The zero-order chi connectivity index (χ0) is 15.1. The average molecular weight is 295 g/mol. The summed E-state index contributed by atoms with van der Waals surface area (Å²) in [6.07, 6.45) is 2.23. The van der Waals surface area contributed by atoms with E-state index in [1.54, 1.807) is 0 Å². The molecule has 0 saturated carbocycles. The predicted octanol–water partition coefficient (Wildman–Crippen LogP) is 0.958. The average Bonchev–Trinajstić information content (AvgIpc) is 2.21. The van der Waals surface area contributed by atoms with E-state index in [2.05, 4.69) is 5.32 Å². The third-order valence-corrected chi connectivity index (χ3v) is 3.69. The van der Waals surface area contributed by atoms with Gasteiger partial charge in [0.2, 0.25) is 5.91 Å². The Morgan fingerprint density at radius 1 is 1.37 bits per heavy atom. The number of nitrogens with one attached hydrogen (secondary N) is 1. The topological polar surface area (TPSA) is 104 Å². The molecule has 0 aliphatic heterocycles. The quantitative estimate of drug-likeness (QED) is 0.550. The maximum Gasteiger partial charge on any atom is 0.264 e. The van der Waals surface area contributed by atoms with Gasteiger partial charge in [0.05, 0.1) is 5.75 Å². The highest BCUT2D eigenvalue weighted by atomic mass is 32.2. The summed E-state index contributed by atoms with van der Waals surface area (Å²) >= 11 is 0. The molecule has 1 unspecified atom stereocenters. The lowest BCUT2D eigenvalue weighted by atomic mass is 9.81. The summed E-state index contributed by atoms with van der Waals surface area (Å²) in [7, 11) is -4.02. The van der Waals surface area contributed by atoms with Gasteiger partial charge in [0.15, 0.2) is 0 Å². The molecule has 6 nitrogen and oxygen atoms in total. The van der Waals surface area contributed by atoms with Crippen LogP contribution in [0.25, 0.3) is 0 Å². The van der Waals surface area contributed by atoms with Gasteiger partial charge in [-0.2, -0.15) is 8.42 Å². The van der Waals surface area contributed by atoms with Crippen molar-refractivity contribution in [3.8, 4) is 0 Å². The largest absolute Gasteiger partial charge is 0.396 e. The first-order valence-electron chi connectivity index (χ1n) is 6.39. The van der Waals surface area contributed by atoms with Crippen LogP contribution in [-0.4, -0.2) is 42.4 Å². The van der Waals surface area contributed by atoms with Gasteiger partial charge in [0.1, 0.15) is 0 Å². The van der Waals surface area contributed by atoms with E-state index < -0.39 is 10.1 Å². The highest BCUT2D eigenvalue weighted by Gasteiger charge is 2.24. The Bertz CT molecular complexity index is 378. The van der Waals surface area contributed by atoms with Crippen molar-refractivity contribution in [3.63, 3.8) is 0 Å². The minimum absolute atomic E-state index is 0.110. The molecule has 0 radical (unpaired) electrons. The molecule has 1 atom stereocenters. The van der Waals surface area contributed by atoms with E-state index in [4.69, 9.17) is 9.66 Å². The Morgan fingerprint density at radius 2 is 1.95 bits per heavy atom. The monoisotopic (exact) mass is 295 g/mol. The summed E-state index contributed by atoms with van der Waals surface area (Å²) in [5.41, 5.74) is -0.116. The van der Waals surface area contributed by atoms with E-state index in [0.717, 1.165) is 6.42 Å². The molecule has 0 aromatic rings. The van der Waals surface area contributed by atoms with E-state index in [9.17, 15) is 13.2 Å². The molecule has 114 valence electrons. The zero-order valence-electron chi connectivity index (χ0n) is 11.8. The molecule has 19 heavy (non-hydrogen) atoms. The lowest BCUT2D eigenvalue weighted by Gasteiger charge is -2.30. The van der Waals surface area contributed by atoms with Gasteiger partial charge in [-0.1, -0.05) is 13.8 Å². The number of carbonyl (C=O) groups is 1. The molecule has 0 aromatic carbocycles. The molecular formula is C12H25NO5S. The fourth-order valence-electron chi connectivity index (χ4n) is 2.13. The lowest BCUT2D eigenvalue weighted by Crippen LogP contribution is -2.38. The molecule has 1 amide bonds. The van der Waals surface area contributed by atoms with Crippen molar-refractivity contribution < 1.29 is 22.9 Å². The van der Waals surface area contributed by atoms with Crippen molar-refractivity contribution in [2.75, 3.05) is 12.4 Å². The molecule has 0 aromatic heterocycles. The third kappa shape index (κ3) is 10.9. The summed E-state index contributed by atoms with van der Waals surface area (Å²) < 4.78 is 30.3. The molecule has 0 heterocycles. The van der Waals surface area contributed by atoms with Gasteiger partial charge in [-0.05, 0) is 31.1 Å². The summed E-state index contributed by atoms with van der Waals surface area (Å²) in [5, 5.41) is 11.5. The van der Waals surface area contributed by atoms with Crippen molar-refractivity contribution in [3.05, 3.63) is 0 Å². The summed E-state index contributed by atoms with van der Waals surface area (Å²) in [6.45, 7) is 5.50. The molecule has 0 bridgehead atoms. The summed E-state index contributed by atoms with van der Waals surface area (Å²) in [4.78, 5) is 11.1. The van der Waals surface area contributed by atoms with Gasteiger partial charge in [-0.15, -0.1) is 0 Å². The number of amides is 1. The van der Waals surface area contributed by atoms with Crippen molar-refractivity contribution in [2.45, 2.75) is 52.5 Å². The van der Waals surface area contributed by atoms with Crippen LogP contribution in [0.2, 0.25) is 0 Å². The molecular weight excluding hydrogens is 270 g/mol. The number of aliphatic hydroxyl groups excluding tert-OH is 1. The number of rotatable bonds is 9. The van der Waals surface area contributed by atoms with E-state index in [0.29, 0.717) is 12.8 Å². The Hall–Kier alpha value is -0.660. The minimum Gasteiger partial charge on any atom is -0.396 e. The summed E-state index contributed by atoms with van der Waals surface area (Å²) in [5.74, 6) is -0.591. The molecule has 0 rings (SSSR count). The number of carbonyl (C=O) groups excluding carboxylic acids is 1. The van der Waals surface area contributed by atoms with Gasteiger partial charge in [0.25, 0.3) is 10.1 Å². The third-order valence-electron chi connectivity index (χ3n) is 2.94. The van der Waals surface area contributed by atoms with Crippen LogP contribution in [0.4, 0.5) is 0 Å². The Morgan fingerprint density at radius 3 is 2.37 bits per heavy atom. The fourth-order valence-corrected chi connectivity index (χ4v) is 2.71. The van der Waals surface area contributed by atoms with Crippen LogP contribution < -0.4 is 5.32 Å². The molecule has 0 aliphatic carbocycles. The first kappa shape index (κ1) is 18.3. The van der Waals surface area contributed by atoms with Gasteiger partial charge in [-0.3, -0.25) is 9.35 Å². The fraction of sp³-hybridized carbons (Fsp3) is 0.917. The molecule has 3 N–H and O–H groups in total. The Balaban J connectivity index is 4.53. The predicted molar refractivity (Wildman–Crippen MR) is 73.4 cm³/mol. The standard InChI is InChI=1S/C12H25NO5S/c1-10(15)13-11(5-8-19(16,17)18)9-12(2,3)6-4-7-14/h11,14H,4-9H2,1-3H3,(H,13,15)(H,16,17,18). The van der Waals surface area contributed by atoms with E-state index in [-0.39, 0.29) is 36.1 Å². The molecule has 0 fully saturated rings. The molecule has 0 aliphatic rings. The lowest BCUT2D eigenvalue weighted by molar-refractivity contribution is -0.119. The van der Waals surface area contributed by atoms with Crippen LogP contribution in [0.5, 0.6) is 0 Å². The second-order valence-corrected chi connectivity index (χ2v) is 7.24. The van der Waals surface area contributed by atoms with Gasteiger partial charge < -0.3 is 10.4 Å².